The number of amides is 2. The fourth-order valence-electron chi connectivity index (χ4n) is 2.92. The molecule has 2 atom stereocenters. The molecule has 31 heavy (non-hydrogen) atoms. The van der Waals surface area contributed by atoms with Crippen LogP contribution in [-0.2, 0) is 16.1 Å². The van der Waals surface area contributed by atoms with E-state index in [0.29, 0.717) is 18.0 Å². The second-order valence-corrected chi connectivity index (χ2v) is 10.1. The van der Waals surface area contributed by atoms with Gasteiger partial charge in [-0.25, -0.2) is 0 Å². The first-order valence-electron chi connectivity index (χ1n) is 10.5. The van der Waals surface area contributed by atoms with E-state index in [1.165, 1.54) is 0 Å². The van der Waals surface area contributed by atoms with E-state index in [4.69, 9.17) is 11.6 Å². The summed E-state index contributed by atoms with van der Waals surface area (Å²) in [6, 6.07) is 15.1. The summed E-state index contributed by atoms with van der Waals surface area (Å²) in [5.74, 6) is 0.703. The summed E-state index contributed by atoms with van der Waals surface area (Å²) in [6.45, 7) is 6.21. The maximum atomic E-state index is 13.1. The molecule has 0 bridgehead atoms. The average molecular weight is 526 g/mol. The molecule has 0 unspecified atom stereocenters. The molecular weight excluding hydrogens is 496 g/mol. The molecular formula is C24H30BrClN2O2S. The zero-order valence-electron chi connectivity index (χ0n) is 18.2. The van der Waals surface area contributed by atoms with E-state index in [2.05, 4.69) is 21.2 Å². The Morgan fingerprint density at radius 3 is 2.35 bits per heavy atom. The van der Waals surface area contributed by atoms with Crippen molar-refractivity contribution < 1.29 is 9.59 Å². The van der Waals surface area contributed by atoms with E-state index in [1.54, 1.807) is 23.6 Å². The maximum absolute atomic E-state index is 13.1. The highest BCUT2D eigenvalue weighted by atomic mass is 79.9. The first-order chi connectivity index (χ1) is 14.8. The normalized spacial score (nSPS) is 12.8. The van der Waals surface area contributed by atoms with E-state index < -0.39 is 6.04 Å². The quantitative estimate of drug-likeness (QED) is 0.276. The smallest absolute Gasteiger partial charge is 0.242 e. The van der Waals surface area contributed by atoms with E-state index in [0.717, 1.165) is 33.5 Å². The van der Waals surface area contributed by atoms with Crippen LogP contribution in [0.3, 0.4) is 0 Å². The Bertz CT molecular complexity index is 846. The van der Waals surface area contributed by atoms with Crippen molar-refractivity contribution in [1.29, 1.82) is 0 Å². The second kappa shape index (κ2) is 13.1. The zero-order valence-corrected chi connectivity index (χ0v) is 21.4. The Balaban J connectivity index is 1.99. The molecule has 0 aromatic heterocycles. The summed E-state index contributed by atoms with van der Waals surface area (Å²) in [6.07, 6.45) is 1.99. The standard InChI is InChI=1S/C24H30BrClN2O2S/c1-4-17(2)27-24(30)18(3)28(16-19-7-9-20(25)10-8-19)23(29)6-5-15-31-22-13-11-21(26)12-14-22/h7-14,17-18H,4-6,15-16H2,1-3H3,(H,27,30)/t17-,18+/m0/s1. The van der Waals surface area contributed by atoms with Gasteiger partial charge in [-0.15, -0.1) is 11.8 Å². The van der Waals surface area contributed by atoms with Crippen LogP contribution < -0.4 is 5.32 Å². The van der Waals surface area contributed by atoms with Crippen molar-refractivity contribution in [2.45, 2.75) is 63.6 Å². The molecule has 0 saturated heterocycles. The van der Waals surface area contributed by atoms with Gasteiger partial charge in [0.1, 0.15) is 6.04 Å². The largest absolute Gasteiger partial charge is 0.352 e. The van der Waals surface area contributed by atoms with Crippen LogP contribution >= 0.6 is 39.3 Å². The van der Waals surface area contributed by atoms with Crippen LogP contribution in [0.25, 0.3) is 0 Å². The summed E-state index contributed by atoms with van der Waals surface area (Å²) < 4.78 is 0.982. The van der Waals surface area contributed by atoms with Crippen LogP contribution in [0.2, 0.25) is 5.02 Å². The van der Waals surface area contributed by atoms with Gasteiger partial charge in [-0.05, 0) is 74.4 Å². The van der Waals surface area contributed by atoms with Gasteiger partial charge in [0.15, 0.2) is 0 Å². The first kappa shape index (κ1) is 25.8. The highest BCUT2D eigenvalue weighted by Crippen LogP contribution is 2.22. The van der Waals surface area contributed by atoms with Crippen molar-refractivity contribution in [3.63, 3.8) is 0 Å². The Kier molecular flexibility index (Phi) is 10.9. The maximum Gasteiger partial charge on any atom is 0.242 e. The Morgan fingerprint density at radius 2 is 1.74 bits per heavy atom. The summed E-state index contributed by atoms with van der Waals surface area (Å²) in [5.41, 5.74) is 0.996. The van der Waals surface area contributed by atoms with Gasteiger partial charge in [0.05, 0.1) is 0 Å². The molecule has 0 radical (unpaired) electrons. The van der Waals surface area contributed by atoms with Crippen molar-refractivity contribution in [3.8, 4) is 0 Å². The lowest BCUT2D eigenvalue weighted by Crippen LogP contribution is -2.49. The van der Waals surface area contributed by atoms with Gasteiger partial charge < -0.3 is 10.2 Å². The molecule has 0 saturated carbocycles. The first-order valence-corrected chi connectivity index (χ1v) is 12.7. The van der Waals surface area contributed by atoms with Gasteiger partial charge in [0, 0.05) is 33.4 Å². The van der Waals surface area contributed by atoms with Crippen LogP contribution in [0.5, 0.6) is 0 Å². The highest BCUT2D eigenvalue weighted by molar-refractivity contribution is 9.10. The number of benzene rings is 2. The second-order valence-electron chi connectivity index (χ2n) is 7.55. The number of halogens is 2. The molecule has 0 spiro atoms. The minimum Gasteiger partial charge on any atom is -0.352 e. The third-order valence-electron chi connectivity index (χ3n) is 5.05. The van der Waals surface area contributed by atoms with Gasteiger partial charge in [-0.2, -0.15) is 0 Å². The summed E-state index contributed by atoms with van der Waals surface area (Å²) in [7, 11) is 0. The number of nitrogens with one attached hydrogen (secondary N) is 1. The number of carbonyl (C=O) groups excluding carboxylic acids is 2. The molecule has 2 rings (SSSR count). The molecule has 2 aromatic rings. The van der Waals surface area contributed by atoms with Gasteiger partial charge in [-0.3, -0.25) is 9.59 Å². The molecule has 1 N–H and O–H groups in total. The minimum absolute atomic E-state index is 0.00794. The molecule has 2 aromatic carbocycles. The molecule has 0 aliphatic rings. The van der Waals surface area contributed by atoms with Crippen molar-refractivity contribution >= 4 is 51.1 Å². The molecule has 7 heteroatoms. The lowest BCUT2D eigenvalue weighted by Gasteiger charge is -2.29. The molecule has 4 nitrogen and oxygen atoms in total. The van der Waals surface area contributed by atoms with Crippen molar-refractivity contribution in [2.75, 3.05) is 5.75 Å². The van der Waals surface area contributed by atoms with Crippen LogP contribution in [-0.4, -0.2) is 34.6 Å². The van der Waals surface area contributed by atoms with Gasteiger partial charge in [-0.1, -0.05) is 46.6 Å². The summed E-state index contributed by atoms with van der Waals surface area (Å²) in [5, 5.41) is 3.71. The third-order valence-corrected chi connectivity index (χ3v) is 6.93. The average Bonchev–Trinajstić information content (AvgIpc) is 2.76. The van der Waals surface area contributed by atoms with Crippen LogP contribution in [0.15, 0.2) is 57.9 Å². The molecule has 2 amide bonds. The van der Waals surface area contributed by atoms with Crippen LogP contribution in [0, 0.1) is 0 Å². The molecule has 168 valence electrons. The van der Waals surface area contributed by atoms with E-state index in [9.17, 15) is 9.59 Å². The highest BCUT2D eigenvalue weighted by Gasteiger charge is 2.26. The van der Waals surface area contributed by atoms with Crippen molar-refractivity contribution in [1.82, 2.24) is 10.2 Å². The molecule has 0 aliphatic heterocycles. The van der Waals surface area contributed by atoms with Gasteiger partial charge in [0.25, 0.3) is 0 Å². The number of rotatable bonds is 11. The van der Waals surface area contributed by atoms with Crippen LogP contribution in [0.1, 0.15) is 45.6 Å². The number of carbonyl (C=O) groups is 2. The van der Waals surface area contributed by atoms with E-state index >= 15 is 0 Å². The number of hydrogen-bond acceptors (Lipinski definition) is 3. The van der Waals surface area contributed by atoms with Crippen molar-refractivity contribution in [2.24, 2.45) is 0 Å². The summed E-state index contributed by atoms with van der Waals surface area (Å²) >= 11 is 11.1. The Labute approximate surface area is 203 Å². The van der Waals surface area contributed by atoms with Gasteiger partial charge in [0.2, 0.25) is 11.8 Å². The number of thioether (sulfide) groups is 1. The minimum atomic E-state index is -0.533. The van der Waals surface area contributed by atoms with E-state index in [1.807, 2.05) is 62.4 Å². The molecule has 0 fully saturated rings. The SMILES string of the molecule is CC[C@H](C)NC(=O)[C@@H](C)N(Cc1ccc(Br)cc1)C(=O)CCCSc1ccc(Cl)cc1. The fourth-order valence-corrected chi connectivity index (χ4v) is 4.17. The van der Waals surface area contributed by atoms with Crippen molar-refractivity contribution in [3.05, 3.63) is 63.6 Å². The Morgan fingerprint density at radius 1 is 1.10 bits per heavy atom. The van der Waals surface area contributed by atoms with Crippen LogP contribution in [0.4, 0.5) is 0 Å². The predicted octanol–water partition coefficient (Wildman–Crippen LogP) is 6.31. The predicted molar refractivity (Wildman–Crippen MR) is 133 cm³/mol. The Hall–Kier alpha value is -1.50. The lowest BCUT2D eigenvalue weighted by molar-refractivity contribution is -0.140. The molecule has 0 heterocycles. The van der Waals surface area contributed by atoms with Gasteiger partial charge >= 0.3 is 0 Å². The topological polar surface area (TPSA) is 49.4 Å². The van der Waals surface area contributed by atoms with E-state index in [-0.39, 0.29) is 17.9 Å². The monoisotopic (exact) mass is 524 g/mol. The summed E-state index contributed by atoms with van der Waals surface area (Å²) in [4.78, 5) is 28.6. The third kappa shape index (κ3) is 8.87. The molecule has 0 aliphatic carbocycles. The number of hydrogen-bond donors (Lipinski definition) is 1. The number of nitrogens with zero attached hydrogens (tertiary/aromatic N) is 1. The fraction of sp³-hybridized carbons (Fsp3) is 0.417. The zero-order chi connectivity index (χ0) is 22.8. The lowest BCUT2D eigenvalue weighted by atomic mass is 10.1.